The number of anilines is 1. The molecule has 0 bridgehead atoms. The summed E-state index contributed by atoms with van der Waals surface area (Å²) in [7, 11) is 1.57. The molecule has 0 saturated heterocycles. The van der Waals surface area contributed by atoms with Gasteiger partial charge in [0, 0.05) is 11.8 Å². The van der Waals surface area contributed by atoms with Crippen LogP contribution in [0.4, 0.5) is 10.2 Å². The Morgan fingerprint density at radius 3 is 2.74 bits per heavy atom. The van der Waals surface area contributed by atoms with Gasteiger partial charge >= 0.3 is 0 Å². The average molecular weight is 257 g/mol. The molecule has 96 valence electrons. The van der Waals surface area contributed by atoms with Crippen LogP contribution in [-0.2, 0) is 0 Å². The molecular weight excluding hydrogens is 245 g/mol. The molecule has 5 heteroatoms. The summed E-state index contributed by atoms with van der Waals surface area (Å²) < 4.78 is 20.5. The number of para-hydroxylation sites is 1. The van der Waals surface area contributed by atoms with Crippen molar-refractivity contribution >= 4 is 11.5 Å². The number of imidazole rings is 1. The first kappa shape index (κ1) is 11.5. The third-order valence-electron chi connectivity index (χ3n) is 3.00. The number of nitrogens with two attached hydrogens (primary N) is 1. The number of nitrogens with zero attached hydrogens (tertiary/aromatic N) is 2. The van der Waals surface area contributed by atoms with Gasteiger partial charge in [0.25, 0.3) is 0 Å². The quantitative estimate of drug-likeness (QED) is 0.768. The summed E-state index contributed by atoms with van der Waals surface area (Å²) in [5, 5.41) is 0. The van der Waals surface area contributed by atoms with Crippen LogP contribution >= 0.6 is 0 Å². The number of aromatic nitrogens is 2. The van der Waals surface area contributed by atoms with Crippen molar-refractivity contribution in [1.82, 2.24) is 9.38 Å². The van der Waals surface area contributed by atoms with Gasteiger partial charge in [-0.15, -0.1) is 0 Å². The fraction of sp³-hybridized carbons (Fsp3) is 0.0714. The largest absolute Gasteiger partial charge is 0.496 e. The molecule has 0 atom stereocenters. The fourth-order valence-corrected chi connectivity index (χ4v) is 2.09. The smallest absolute Gasteiger partial charge is 0.175 e. The van der Waals surface area contributed by atoms with Crippen molar-refractivity contribution in [1.29, 1.82) is 0 Å². The molecular formula is C14H12FN3O. The highest BCUT2D eigenvalue weighted by Gasteiger charge is 2.16. The Bertz CT molecular complexity index is 752. The summed E-state index contributed by atoms with van der Waals surface area (Å²) in [5.74, 6) is 0.632. The van der Waals surface area contributed by atoms with Crippen LogP contribution in [0.2, 0.25) is 0 Å². The molecule has 3 aromatic rings. The molecule has 1 aromatic carbocycles. The molecule has 4 nitrogen and oxygen atoms in total. The number of ether oxygens (including phenoxy) is 1. The van der Waals surface area contributed by atoms with Crippen LogP contribution in [-0.4, -0.2) is 16.5 Å². The minimum atomic E-state index is -0.407. The average Bonchev–Trinajstić information content (AvgIpc) is 2.78. The molecule has 19 heavy (non-hydrogen) atoms. The molecule has 0 aliphatic heterocycles. The molecule has 0 amide bonds. The van der Waals surface area contributed by atoms with E-state index in [0.717, 1.165) is 5.56 Å². The van der Waals surface area contributed by atoms with E-state index in [1.54, 1.807) is 19.4 Å². The molecule has 0 aliphatic rings. The van der Waals surface area contributed by atoms with E-state index in [9.17, 15) is 4.39 Å². The van der Waals surface area contributed by atoms with E-state index in [1.807, 2.05) is 24.3 Å². The van der Waals surface area contributed by atoms with Crippen molar-refractivity contribution in [3.8, 4) is 17.0 Å². The lowest BCUT2D eigenvalue weighted by Gasteiger charge is -2.06. The Labute approximate surface area is 109 Å². The Kier molecular flexibility index (Phi) is 2.59. The van der Waals surface area contributed by atoms with Crippen molar-refractivity contribution in [2.75, 3.05) is 12.8 Å². The summed E-state index contributed by atoms with van der Waals surface area (Å²) in [4.78, 5) is 4.27. The van der Waals surface area contributed by atoms with E-state index in [4.69, 9.17) is 10.5 Å². The number of methoxy groups -OCH3 is 1. The minimum Gasteiger partial charge on any atom is -0.496 e. The first-order valence-electron chi connectivity index (χ1n) is 5.78. The van der Waals surface area contributed by atoms with Crippen LogP contribution in [0.1, 0.15) is 0 Å². The topological polar surface area (TPSA) is 52.5 Å². The molecule has 2 aromatic heterocycles. The summed E-state index contributed by atoms with van der Waals surface area (Å²) in [6.07, 6.45) is 1.68. The Morgan fingerprint density at radius 1 is 1.21 bits per heavy atom. The van der Waals surface area contributed by atoms with Crippen molar-refractivity contribution < 1.29 is 9.13 Å². The Morgan fingerprint density at radius 2 is 2.00 bits per heavy atom. The zero-order valence-corrected chi connectivity index (χ0v) is 10.3. The summed E-state index contributed by atoms with van der Waals surface area (Å²) in [6.45, 7) is 0. The number of benzene rings is 1. The van der Waals surface area contributed by atoms with Gasteiger partial charge in [-0.05, 0) is 24.3 Å². The lowest BCUT2D eigenvalue weighted by molar-refractivity contribution is 0.416. The van der Waals surface area contributed by atoms with Crippen LogP contribution in [0.5, 0.6) is 5.75 Å². The number of rotatable bonds is 2. The van der Waals surface area contributed by atoms with Gasteiger partial charge in [-0.25, -0.2) is 9.37 Å². The van der Waals surface area contributed by atoms with Gasteiger partial charge in [-0.1, -0.05) is 12.1 Å². The predicted molar refractivity (Wildman–Crippen MR) is 71.6 cm³/mol. The van der Waals surface area contributed by atoms with Gasteiger partial charge in [0.1, 0.15) is 17.3 Å². The van der Waals surface area contributed by atoms with Crippen LogP contribution in [0, 0.1) is 5.82 Å². The van der Waals surface area contributed by atoms with E-state index in [1.165, 1.54) is 10.5 Å². The molecule has 2 heterocycles. The highest BCUT2D eigenvalue weighted by atomic mass is 19.1. The predicted octanol–water partition coefficient (Wildman–Crippen LogP) is 2.73. The van der Waals surface area contributed by atoms with E-state index in [-0.39, 0.29) is 5.65 Å². The number of hydrogen-bond donors (Lipinski definition) is 1. The first-order chi connectivity index (χ1) is 9.22. The SMILES string of the molecule is COc1ccccc1-c1nc2c(F)cccn2c1N. The van der Waals surface area contributed by atoms with Crippen LogP contribution in [0.3, 0.4) is 0 Å². The van der Waals surface area contributed by atoms with E-state index in [2.05, 4.69) is 4.98 Å². The van der Waals surface area contributed by atoms with Gasteiger partial charge in [0.2, 0.25) is 0 Å². The number of nitrogen functional groups attached to an aromatic ring is 1. The maximum Gasteiger partial charge on any atom is 0.175 e. The zero-order valence-electron chi connectivity index (χ0n) is 10.3. The minimum absolute atomic E-state index is 0.209. The van der Waals surface area contributed by atoms with Gasteiger partial charge in [0.15, 0.2) is 11.5 Å². The van der Waals surface area contributed by atoms with E-state index >= 15 is 0 Å². The molecule has 0 radical (unpaired) electrons. The number of pyridine rings is 1. The second-order valence-corrected chi connectivity index (χ2v) is 4.10. The maximum atomic E-state index is 13.7. The highest BCUT2D eigenvalue weighted by molar-refractivity contribution is 5.79. The number of fused-ring (bicyclic) bond motifs is 1. The number of hydrogen-bond acceptors (Lipinski definition) is 3. The number of halogens is 1. The van der Waals surface area contributed by atoms with E-state index in [0.29, 0.717) is 17.3 Å². The van der Waals surface area contributed by atoms with Crippen LogP contribution in [0.25, 0.3) is 16.9 Å². The summed E-state index contributed by atoms with van der Waals surface area (Å²) in [5.41, 5.74) is 7.51. The fourth-order valence-electron chi connectivity index (χ4n) is 2.09. The lowest BCUT2D eigenvalue weighted by Crippen LogP contribution is -1.95. The monoisotopic (exact) mass is 257 g/mol. The highest BCUT2D eigenvalue weighted by Crippen LogP contribution is 2.33. The summed E-state index contributed by atoms with van der Waals surface area (Å²) >= 11 is 0. The second-order valence-electron chi connectivity index (χ2n) is 4.10. The molecule has 0 aliphatic carbocycles. The van der Waals surface area contributed by atoms with Crippen molar-refractivity contribution in [2.45, 2.75) is 0 Å². The first-order valence-corrected chi connectivity index (χ1v) is 5.78. The maximum absolute atomic E-state index is 13.7. The molecule has 2 N–H and O–H groups in total. The normalized spacial score (nSPS) is 10.8. The molecule has 0 fully saturated rings. The van der Waals surface area contributed by atoms with Crippen molar-refractivity contribution in [3.05, 3.63) is 48.4 Å². The van der Waals surface area contributed by atoms with Gasteiger partial charge in [0.05, 0.1) is 7.11 Å². The second kappa shape index (κ2) is 4.28. The van der Waals surface area contributed by atoms with Crippen LogP contribution < -0.4 is 10.5 Å². The third-order valence-corrected chi connectivity index (χ3v) is 3.00. The van der Waals surface area contributed by atoms with Gasteiger partial charge in [-0.3, -0.25) is 4.40 Å². The molecule has 0 unspecified atom stereocenters. The molecule has 0 spiro atoms. The summed E-state index contributed by atoms with van der Waals surface area (Å²) in [6, 6.07) is 10.3. The molecule has 3 rings (SSSR count). The third kappa shape index (κ3) is 1.71. The van der Waals surface area contributed by atoms with Gasteiger partial charge in [-0.2, -0.15) is 0 Å². The lowest BCUT2D eigenvalue weighted by atomic mass is 10.1. The zero-order chi connectivity index (χ0) is 13.4. The van der Waals surface area contributed by atoms with Crippen molar-refractivity contribution in [2.24, 2.45) is 0 Å². The Balaban J connectivity index is 2.31. The van der Waals surface area contributed by atoms with E-state index < -0.39 is 5.82 Å². The van der Waals surface area contributed by atoms with Crippen LogP contribution in [0.15, 0.2) is 42.6 Å². The molecule has 0 saturated carbocycles. The standard InChI is InChI=1S/C14H12FN3O/c1-19-11-7-3-2-5-9(11)12-13(16)18-8-4-6-10(15)14(18)17-12/h2-8H,16H2,1H3. The Hall–Kier alpha value is -2.56. The van der Waals surface area contributed by atoms with Crippen molar-refractivity contribution in [3.63, 3.8) is 0 Å². The van der Waals surface area contributed by atoms with Gasteiger partial charge < -0.3 is 10.5 Å².